The van der Waals surface area contributed by atoms with E-state index in [9.17, 15) is 0 Å². The summed E-state index contributed by atoms with van der Waals surface area (Å²) >= 11 is 0. The number of hydrogen-bond acceptors (Lipinski definition) is 4. The maximum Gasteiger partial charge on any atom is 0.124 e. The number of benzene rings is 1. The zero-order valence-electron chi connectivity index (χ0n) is 16.5. The molecule has 0 aliphatic rings. The zero-order chi connectivity index (χ0) is 18.6. The molecular weight excluding hydrogens is 302 g/mol. The normalized spacial score (nSPS) is 8.62. The second-order valence-corrected chi connectivity index (χ2v) is 4.06. The molecule has 2 rings (SSSR count). The van der Waals surface area contributed by atoms with Crippen molar-refractivity contribution in [2.24, 2.45) is 0 Å². The predicted octanol–water partition coefficient (Wildman–Crippen LogP) is 6.05. The van der Waals surface area contributed by atoms with Crippen LogP contribution in [0.3, 0.4) is 0 Å². The van der Waals surface area contributed by atoms with Gasteiger partial charge in [-0.2, -0.15) is 0 Å². The second-order valence-electron chi connectivity index (χ2n) is 4.06. The van der Waals surface area contributed by atoms with Crippen molar-refractivity contribution in [2.45, 2.75) is 61.5 Å². The summed E-state index contributed by atoms with van der Waals surface area (Å²) in [4.78, 5) is 0. The predicted molar refractivity (Wildman–Crippen MR) is 101 cm³/mol. The van der Waals surface area contributed by atoms with Crippen molar-refractivity contribution in [1.82, 2.24) is 5.16 Å². The molecule has 1 aromatic heterocycles. The summed E-state index contributed by atoms with van der Waals surface area (Å²) in [6.45, 7) is 15.9. The molecule has 0 spiro atoms. The van der Waals surface area contributed by atoms with Gasteiger partial charge < -0.3 is 14.0 Å². The van der Waals surface area contributed by atoms with Gasteiger partial charge in [-0.3, -0.25) is 0 Å². The standard InChI is InChI=1S/C14H17NO3.3C2H6/c1-12-3-5-14(6-4-12)17-9-2-8-16-11-13-7-10-18-15-13;3*1-2/h3-7,10H,2,8-9,11H2,1H3;3*1-2H3. The maximum absolute atomic E-state index is 5.58. The minimum Gasteiger partial charge on any atom is -0.494 e. The first-order chi connectivity index (χ1) is 11.8. The van der Waals surface area contributed by atoms with Crippen LogP contribution in [0.2, 0.25) is 0 Å². The third-order valence-corrected chi connectivity index (χ3v) is 2.46. The van der Waals surface area contributed by atoms with Crippen molar-refractivity contribution in [3.63, 3.8) is 0 Å². The van der Waals surface area contributed by atoms with E-state index in [4.69, 9.17) is 14.0 Å². The van der Waals surface area contributed by atoms with Gasteiger partial charge in [-0.1, -0.05) is 64.4 Å². The summed E-state index contributed by atoms with van der Waals surface area (Å²) in [6, 6.07) is 9.83. The average Bonchev–Trinajstić information content (AvgIpc) is 3.18. The number of ether oxygens (including phenoxy) is 2. The minimum absolute atomic E-state index is 0.487. The summed E-state index contributed by atoms with van der Waals surface area (Å²) in [5.41, 5.74) is 2.05. The first-order valence-electron chi connectivity index (χ1n) is 9.01. The van der Waals surface area contributed by atoms with Crippen LogP contribution >= 0.6 is 0 Å². The zero-order valence-corrected chi connectivity index (χ0v) is 16.5. The van der Waals surface area contributed by atoms with Crippen molar-refractivity contribution in [1.29, 1.82) is 0 Å². The number of hydrogen-bond donors (Lipinski definition) is 0. The monoisotopic (exact) mass is 337 g/mol. The van der Waals surface area contributed by atoms with E-state index in [-0.39, 0.29) is 0 Å². The van der Waals surface area contributed by atoms with Crippen LogP contribution in [-0.2, 0) is 11.3 Å². The van der Waals surface area contributed by atoms with Crippen LogP contribution in [0.4, 0.5) is 0 Å². The van der Waals surface area contributed by atoms with Crippen molar-refractivity contribution in [2.75, 3.05) is 13.2 Å². The lowest BCUT2D eigenvalue weighted by atomic mass is 10.2. The lowest BCUT2D eigenvalue weighted by Crippen LogP contribution is -2.03. The van der Waals surface area contributed by atoms with E-state index in [1.807, 2.05) is 65.8 Å². The minimum atomic E-state index is 0.487. The molecule has 4 nitrogen and oxygen atoms in total. The Balaban J connectivity index is 0. The molecule has 0 aliphatic heterocycles. The van der Waals surface area contributed by atoms with E-state index in [2.05, 4.69) is 12.1 Å². The Kier molecular flexibility index (Phi) is 19.6. The molecule has 2 aromatic rings. The van der Waals surface area contributed by atoms with E-state index >= 15 is 0 Å². The van der Waals surface area contributed by atoms with Crippen LogP contribution < -0.4 is 4.74 Å². The molecule has 24 heavy (non-hydrogen) atoms. The van der Waals surface area contributed by atoms with Gasteiger partial charge in [0.1, 0.15) is 17.7 Å². The molecular formula is C20H35NO3. The van der Waals surface area contributed by atoms with Gasteiger partial charge in [0.25, 0.3) is 0 Å². The SMILES string of the molecule is CC.CC.CC.Cc1ccc(OCCCOCc2ccon2)cc1. The molecule has 0 atom stereocenters. The Morgan fingerprint density at radius 3 is 2.04 bits per heavy atom. The van der Waals surface area contributed by atoms with Crippen LogP contribution in [0, 0.1) is 6.92 Å². The Labute approximate surface area is 148 Å². The topological polar surface area (TPSA) is 44.5 Å². The van der Waals surface area contributed by atoms with Gasteiger partial charge in [0, 0.05) is 12.5 Å². The molecule has 0 saturated heterocycles. The van der Waals surface area contributed by atoms with E-state index in [1.54, 1.807) is 12.3 Å². The van der Waals surface area contributed by atoms with Crippen LogP contribution in [0.25, 0.3) is 0 Å². The van der Waals surface area contributed by atoms with Gasteiger partial charge in [-0.05, 0) is 19.1 Å². The number of aromatic nitrogens is 1. The molecule has 0 N–H and O–H groups in total. The Morgan fingerprint density at radius 2 is 1.50 bits per heavy atom. The third kappa shape index (κ3) is 12.7. The van der Waals surface area contributed by atoms with Crippen molar-refractivity contribution < 1.29 is 14.0 Å². The fourth-order valence-corrected chi connectivity index (χ4v) is 1.47. The van der Waals surface area contributed by atoms with Gasteiger partial charge in [0.2, 0.25) is 0 Å². The number of aryl methyl sites for hydroxylation is 1. The van der Waals surface area contributed by atoms with Crippen LogP contribution in [0.15, 0.2) is 41.1 Å². The van der Waals surface area contributed by atoms with Crippen LogP contribution in [0.5, 0.6) is 5.75 Å². The first kappa shape index (κ1) is 24.4. The van der Waals surface area contributed by atoms with Gasteiger partial charge >= 0.3 is 0 Å². The summed E-state index contributed by atoms with van der Waals surface area (Å²) in [5.74, 6) is 0.900. The van der Waals surface area contributed by atoms with Gasteiger partial charge in [0.15, 0.2) is 0 Å². The first-order valence-corrected chi connectivity index (χ1v) is 9.01. The molecule has 0 unspecified atom stereocenters. The molecule has 0 aliphatic carbocycles. The Hall–Kier alpha value is -1.81. The summed E-state index contributed by atoms with van der Waals surface area (Å²) in [6.07, 6.45) is 2.39. The smallest absolute Gasteiger partial charge is 0.124 e. The molecule has 1 heterocycles. The molecule has 0 fully saturated rings. The van der Waals surface area contributed by atoms with E-state index in [0.29, 0.717) is 19.8 Å². The fourth-order valence-electron chi connectivity index (χ4n) is 1.47. The van der Waals surface area contributed by atoms with E-state index in [0.717, 1.165) is 17.9 Å². The van der Waals surface area contributed by atoms with Gasteiger partial charge in [-0.15, -0.1) is 0 Å². The fraction of sp³-hybridized carbons (Fsp3) is 0.550. The van der Waals surface area contributed by atoms with Gasteiger partial charge in [-0.25, -0.2) is 0 Å². The van der Waals surface area contributed by atoms with E-state index in [1.165, 1.54) is 5.56 Å². The van der Waals surface area contributed by atoms with Crippen molar-refractivity contribution >= 4 is 0 Å². The highest BCUT2D eigenvalue weighted by molar-refractivity contribution is 5.26. The average molecular weight is 338 g/mol. The maximum atomic E-state index is 5.58. The van der Waals surface area contributed by atoms with Crippen LogP contribution in [-0.4, -0.2) is 18.4 Å². The van der Waals surface area contributed by atoms with E-state index < -0.39 is 0 Å². The Bertz CT molecular complexity index is 438. The highest BCUT2D eigenvalue weighted by Crippen LogP contribution is 2.11. The lowest BCUT2D eigenvalue weighted by Gasteiger charge is -2.06. The molecule has 0 bridgehead atoms. The third-order valence-electron chi connectivity index (χ3n) is 2.46. The summed E-state index contributed by atoms with van der Waals surface area (Å²) < 4.78 is 15.7. The van der Waals surface area contributed by atoms with Gasteiger partial charge in [0.05, 0.1) is 19.8 Å². The molecule has 0 radical (unpaired) electrons. The highest BCUT2D eigenvalue weighted by atomic mass is 16.5. The van der Waals surface area contributed by atoms with Crippen molar-refractivity contribution in [3.8, 4) is 5.75 Å². The number of nitrogens with zero attached hydrogens (tertiary/aromatic N) is 1. The lowest BCUT2D eigenvalue weighted by molar-refractivity contribution is 0.103. The summed E-state index contributed by atoms with van der Waals surface area (Å²) in [5, 5.41) is 3.76. The summed E-state index contributed by atoms with van der Waals surface area (Å²) in [7, 11) is 0. The number of rotatable bonds is 7. The second kappa shape index (κ2) is 19.2. The molecule has 0 saturated carbocycles. The highest BCUT2D eigenvalue weighted by Gasteiger charge is 1.97. The largest absolute Gasteiger partial charge is 0.494 e. The molecule has 1 aromatic carbocycles. The molecule has 4 heteroatoms. The quantitative estimate of drug-likeness (QED) is 0.577. The molecule has 138 valence electrons. The van der Waals surface area contributed by atoms with Crippen molar-refractivity contribution in [3.05, 3.63) is 47.9 Å². The molecule has 0 amide bonds. The van der Waals surface area contributed by atoms with Crippen LogP contribution in [0.1, 0.15) is 59.2 Å². The Morgan fingerprint density at radius 1 is 0.875 bits per heavy atom.